The number of pyridine rings is 1. The minimum atomic E-state index is 0.391. The molecular weight excluding hydrogens is 310 g/mol. The maximum absolute atomic E-state index is 5.60. The van der Waals surface area contributed by atoms with Crippen LogP contribution in [0, 0.1) is 0 Å². The van der Waals surface area contributed by atoms with Crippen molar-refractivity contribution in [1.82, 2.24) is 4.98 Å². The van der Waals surface area contributed by atoms with E-state index in [1.54, 1.807) is 12.4 Å². The van der Waals surface area contributed by atoms with Gasteiger partial charge >= 0.3 is 0 Å². The minimum Gasteiger partial charge on any atom is -0.389 e. The Morgan fingerprint density at radius 1 is 1.28 bits per heavy atom. The van der Waals surface area contributed by atoms with Gasteiger partial charge in [-0.15, -0.1) is 0 Å². The van der Waals surface area contributed by atoms with Crippen LogP contribution < -0.4 is 11.1 Å². The number of halogens is 1. The zero-order valence-electron chi connectivity index (χ0n) is 9.56. The number of nitrogens with zero attached hydrogens (tertiary/aromatic N) is 1. The molecule has 0 radical (unpaired) electrons. The summed E-state index contributed by atoms with van der Waals surface area (Å²) < 4.78 is 0.898. The van der Waals surface area contributed by atoms with Crippen LogP contribution in [0.5, 0.6) is 0 Å². The third-order valence-corrected chi connectivity index (χ3v) is 3.36. The average molecular weight is 322 g/mol. The molecule has 0 saturated heterocycles. The fraction of sp³-hybridized carbons (Fsp3) is 0.0769. The summed E-state index contributed by atoms with van der Waals surface area (Å²) >= 11 is 8.41. The summed E-state index contributed by atoms with van der Waals surface area (Å²) in [5, 5.41) is 3.33. The summed E-state index contributed by atoms with van der Waals surface area (Å²) in [6.07, 6.45) is 3.56. The quantitative estimate of drug-likeness (QED) is 0.850. The van der Waals surface area contributed by atoms with Crippen molar-refractivity contribution in [1.29, 1.82) is 0 Å². The first-order valence-electron chi connectivity index (χ1n) is 5.39. The monoisotopic (exact) mass is 321 g/mol. The molecule has 2 rings (SSSR count). The van der Waals surface area contributed by atoms with Gasteiger partial charge in [0.1, 0.15) is 4.99 Å². The highest BCUT2D eigenvalue weighted by molar-refractivity contribution is 9.10. The smallest absolute Gasteiger partial charge is 0.105 e. The number of benzene rings is 1. The zero-order chi connectivity index (χ0) is 13.0. The summed E-state index contributed by atoms with van der Waals surface area (Å²) in [6, 6.07) is 9.79. The molecule has 0 atom stereocenters. The Kier molecular flexibility index (Phi) is 4.28. The molecule has 92 valence electrons. The van der Waals surface area contributed by atoms with Crippen LogP contribution >= 0.6 is 28.1 Å². The van der Waals surface area contributed by atoms with Gasteiger partial charge in [0.25, 0.3) is 0 Å². The van der Waals surface area contributed by atoms with Crippen molar-refractivity contribution < 1.29 is 0 Å². The largest absolute Gasteiger partial charge is 0.389 e. The van der Waals surface area contributed by atoms with Gasteiger partial charge in [-0.2, -0.15) is 0 Å². The molecule has 1 aromatic heterocycles. The lowest BCUT2D eigenvalue weighted by Crippen LogP contribution is -2.10. The molecule has 2 aromatic rings. The second-order valence-electron chi connectivity index (χ2n) is 3.77. The maximum atomic E-state index is 5.60. The van der Waals surface area contributed by atoms with Gasteiger partial charge in [-0.3, -0.25) is 4.98 Å². The summed E-state index contributed by atoms with van der Waals surface area (Å²) in [4.78, 5) is 4.37. The molecule has 1 aromatic carbocycles. The van der Waals surface area contributed by atoms with Gasteiger partial charge in [0.05, 0.1) is 0 Å². The van der Waals surface area contributed by atoms with Crippen molar-refractivity contribution in [2.24, 2.45) is 5.73 Å². The van der Waals surface area contributed by atoms with Crippen LogP contribution in [-0.2, 0) is 6.54 Å². The van der Waals surface area contributed by atoms with Crippen molar-refractivity contribution in [3.05, 3.63) is 58.3 Å². The number of thiocarbonyl (C=S) groups is 1. The second kappa shape index (κ2) is 5.93. The summed E-state index contributed by atoms with van der Waals surface area (Å²) in [5.41, 5.74) is 8.64. The van der Waals surface area contributed by atoms with Crippen LogP contribution in [0.2, 0.25) is 0 Å². The Balaban J connectivity index is 2.07. The highest BCUT2D eigenvalue weighted by Crippen LogP contribution is 2.21. The first kappa shape index (κ1) is 13.0. The number of rotatable bonds is 4. The Labute approximate surface area is 120 Å². The van der Waals surface area contributed by atoms with Gasteiger partial charge in [-0.05, 0) is 51.8 Å². The van der Waals surface area contributed by atoms with Crippen LogP contribution in [-0.4, -0.2) is 9.97 Å². The highest BCUT2D eigenvalue weighted by Gasteiger charge is 2.03. The number of aromatic nitrogens is 1. The number of nitrogens with one attached hydrogen (secondary N) is 1. The number of hydrogen-bond acceptors (Lipinski definition) is 3. The van der Waals surface area contributed by atoms with E-state index in [0.29, 0.717) is 4.99 Å². The third kappa shape index (κ3) is 3.27. The lowest BCUT2D eigenvalue weighted by Gasteiger charge is -2.09. The summed E-state index contributed by atoms with van der Waals surface area (Å²) in [7, 11) is 0. The fourth-order valence-corrected chi connectivity index (χ4v) is 2.43. The molecule has 0 saturated carbocycles. The first-order chi connectivity index (χ1) is 8.66. The van der Waals surface area contributed by atoms with E-state index >= 15 is 0 Å². The fourth-order valence-electron chi connectivity index (χ4n) is 1.53. The van der Waals surface area contributed by atoms with Crippen molar-refractivity contribution in [2.75, 3.05) is 5.32 Å². The predicted molar refractivity (Wildman–Crippen MR) is 81.6 cm³/mol. The van der Waals surface area contributed by atoms with E-state index in [0.717, 1.165) is 22.3 Å². The molecule has 0 amide bonds. The standard InChI is InChI=1S/C13H12BrN3S/c14-12-7-10(1-2-11(12)13(15)18)17-8-9-3-5-16-6-4-9/h1-7,17H,8H2,(H2,15,18). The molecule has 0 unspecified atom stereocenters. The van der Waals surface area contributed by atoms with Gasteiger partial charge < -0.3 is 11.1 Å². The molecule has 0 aliphatic rings. The molecule has 0 fully saturated rings. The van der Waals surface area contributed by atoms with Crippen LogP contribution in [0.4, 0.5) is 5.69 Å². The Morgan fingerprint density at radius 3 is 2.61 bits per heavy atom. The van der Waals surface area contributed by atoms with Gasteiger partial charge in [0.2, 0.25) is 0 Å². The Bertz CT molecular complexity index is 557. The van der Waals surface area contributed by atoms with E-state index in [4.69, 9.17) is 18.0 Å². The van der Waals surface area contributed by atoms with E-state index in [2.05, 4.69) is 26.2 Å². The molecule has 0 spiro atoms. The van der Waals surface area contributed by atoms with E-state index in [1.165, 1.54) is 5.56 Å². The van der Waals surface area contributed by atoms with Crippen LogP contribution in [0.25, 0.3) is 0 Å². The average Bonchev–Trinajstić information content (AvgIpc) is 2.37. The van der Waals surface area contributed by atoms with E-state index in [-0.39, 0.29) is 0 Å². The SMILES string of the molecule is NC(=S)c1ccc(NCc2ccncc2)cc1Br. The Hall–Kier alpha value is -1.46. The molecule has 0 bridgehead atoms. The van der Waals surface area contributed by atoms with Crippen LogP contribution in [0.1, 0.15) is 11.1 Å². The third-order valence-electron chi connectivity index (χ3n) is 2.48. The molecule has 1 heterocycles. The van der Waals surface area contributed by atoms with Gasteiger partial charge in [-0.25, -0.2) is 0 Å². The minimum absolute atomic E-state index is 0.391. The van der Waals surface area contributed by atoms with Gasteiger partial charge in [0.15, 0.2) is 0 Å². The second-order valence-corrected chi connectivity index (χ2v) is 5.06. The van der Waals surface area contributed by atoms with Crippen molar-refractivity contribution >= 4 is 38.8 Å². The molecule has 18 heavy (non-hydrogen) atoms. The molecule has 3 nitrogen and oxygen atoms in total. The zero-order valence-corrected chi connectivity index (χ0v) is 12.0. The normalized spacial score (nSPS) is 10.1. The molecule has 0 aliphatic carbocycles. The van der Waals surface area contributed by atoms with E-state index < -0.39 is 0 Å². The highest BCUT2D eigenvalue weighted by atomic mass is 79.9. The number of nitrogens with two attached hydrogens (primary N) is 1. The maximum Gasteiger partial charge on any atom is 0.105 e. The first-order valence-corrected chi connectivity index (χ1v) is 6.59. The Morgan fingerprint density at radius 2 is 2.00 bits per heavy atom. The van der Waals surface area contributed by atoms with Gasteiger partial charge in [-0.1, -0.05) is 12.2 Å². The molecule has 3 N–H and O–H groups in total. The van der Waals surface area contributed by atoms with Crippen molar-refractivity contribution in [2.45, 2.75) is 6.54 Å². The van der Waals surface area contributed by atoms with Crippen molar-refractivity contribution in [3.8, 4) is 0 Å². The lowest BCUT2D eigenvalue weighted by molar-refractivity contribution is 1.13. The molecular formula is C13H12BrN3S. The van der Waals surface area contributed by atoms with E-state index in [1.807, 2.05) is 30.3 Å². The number of hydrogen-bond donors (Lipinski definition) is 2. The molecule has 5 heteroatoms. The van der Waals surface area contributed by atoms with E-state index in [9.17, 15) is 0 Å². The summed E-state index contributed by atoms with van der Waals surface area (Å²) in [5.74, 6) is 0. The lowest BCUT2D eigenvalue weighted by atomic mass is 10.2. The topological polar surface area (TPSA) is 50.9 Å². The number of anilines is 1. The van der Waals surface area contributed by atoms with Gasteiger partial charge in [0, 0.05) is 34.7 Å². The predicted octanol–water partition coefficient (Wildman–Crippen LogP) is 3.09. The summed E-state index contributed by atoms with van der Waals surface area (Å²) in [6.45, 7) is 0.751. The van der Waals surface area contributed by atoms with Crippen LogP contribution in [0.3, 0.4) is 0 Å². The van der Waals surface area contributed by atoms with Crippen LogP contribution in [0.15, 0.2) is 47.2 Å². The van der Waals surface area contributed by atoms with Crippen molar-refractivity contribution in [3.63, 3.8) is 0 Å². The molecule has 0 aliphatic heterocycles.